The fourth-order valence-corrected chi connectivity index (χ4v) is 4.81. The first-order valence-electron chi connectivity index (χ1n) is 9.63. The predicted molar refractivity (Wildman–Crippen MR) is 112 cm³/mol. The van der Waals surface area contributed by atoms with Gasteiger partial charge in [-0.1, -0.05) is 64.1 Å². The lowest BCUT2D eigenvalue weighted by Crippen LogP contribution is -2.36. The van der Waals surface area contributed by atoms with Gasteiger partial charge in [-0.15, -0.1) is 0 Å². The highest BCUT2D eigenvalue weighted by molar-refractivity contribution is 7.89. The van der Waals surface area contributed by atoms with Crippen LogP contribution in [0.4, 0.5) is 0 Å². The van der Waals surface area contributed by atoms with Gasteiger partial charge in [-0.2, -0.15) is 4.31 Å². The molecule has 0 radical (unpaired) electrons. The number of rotatable bonds is 9. The third kappa shape index (κ3) is 5.79. The Morgan fingerprint density at radius 1 is 1.08 bits per heavy atom. The molecule has 1 unspecified atom stereocenters. The number of fused-ring (bicyclic) bond motifs is 1. The van der Waals surface area contributed by atoms with Crippen molar-refractivity contribution in [1.29, 1.82) is 0 Å². The van der Waals surface area contributed by atoms with Gasteiger partial charge in [-0.25, -0.2) is 8.42 Å². The maximum Gasteiger partial charge on any atom is 0.243 e. The lowest BCUT2D eigenvalue weighted by molar-refractivity contribution is 0.342. The second-order valence-corrected chi connectivity index (χ2v) is 8.24. The topological polar surface area (TPSA) is 49.4 Å². The molecule has 5 heteroatoms. The SMILES string of the molecule is CC.CCCN(CC(C)CCNC)S(=O)(=O)c1cccc2ccccc12. The van der Waals surface area contributed by atoms with Gasteiger partial charge in [0.2, 0.25) is 10.0 Å². The first kappa shape index (κ1) is 22.6. The van der Waals surface area contributed by atoms with Crippen LogP contribution in [-0.4, -0.2) is 39.4 Å². The third-order valence-corrected chi connectivity index (χ3v) is 6.17. The van der Waals surface area contributed by atoms with Crippen molar-refractivity contribution >= 4 is 20.8 Å². The van der Waals surface area contributed by atoms with Gasteiger partial charge in [-0.05, 0) is 43.8 Å². The predicted octanol–water partition coefficient (Wildman–Crippen LogP) is 4.51. The summed E-state index contributed by atoms with van der Waals surface area (Å²) in [6.45, 7) is 10.1. The quantitative estimate of drug-likeness (QED) is 0.698. The summed E-state index contributed by atoms with van der Waals surface area (Å²) in [7, 11) is -1.58. The van der Waals surface area contributed by atoms with Crippen LogP contribution in [-0.2, 0) is 10.0 Å². The van der Waals surface area contributed by atoms with E-state index in [0.29, 0.717) is 23.9 Å². The summed E-state index contributed by atoms with van der Waals surface area (Å²) in [6, 6.07) is 13.2. The minimum absolute atomic E-state index is 0.314. The second-order valence-electron chi connectivity index (χ2n) is 6.34. The number of sulfonamides is 1. The summed E-state index contributed by atoms with van der Waals surface area (Å²) in [5.74, 6) is 0.314. The van der Waals surface area contributed by atoms with Crippen LogP contribution >= 0.6 is 0 Å². The molecule has 0 fully saturated rings. The van der Waals surface area contributed by atoms with E-state index in [2.05, 4.69) is 12.2 Å². The zero-order chi connectivity index (χ0) is 19.6. The summed E-state index contributed by atoms with van der Waals surface area (Å²) in [5, 5.41) is 4.88. The van der Waals surface area contributed by atoms with Gasteiger partial charge in [0, 0.05) is 18.5 Å². The van der Waals surface area contributed by atoms with Crippen LogP contribution in [0.15, 0.2) is 47.4 Å². The van der Waals surface area contributed by atoms with E-state index in [0.717, 1.165) is 30.2 Å². The van der Waals surface area contributed by atoms with E-state index in [1.54, 1.807) is 10.4 Å². The van der Waals surface area contributed by atoms with Crippen molar-refractivity contribution < 1.29 is 8.42 Å². The van der Waals surface area contributed by atoms with Gasteiger partial charge >= 0.3 is 0 Å². The van der Waals surface area contributed by atoms with Crippen molar-refractivity contribution in [2.75, 3.05) is 26.7 Å². The van der Waals surface area contributed by atoms with Gasteiger partial charge in [0.05, 0.1) is 4.90 Å². The highest BCUT2D eigenvalue weighted by Gasteiger charge is 2.26. The lowest BCUT2D eigenvalue weighted by Gasteiger charge is -2.25. The largest absolute Gasteiger partial charge is 0.320 e. The molecule has 0 amide bonds. The molecule has 2 rings (SSSR count). The van der Waals surface area contributed by atoms with Crippen LogP contribution < -0.4 is 5.32 Å². The standard InChI is InChI=1S/C19H28N2O2S.C2H6/c1-4-14-21(15-16(2)12-13-20-3)24(22,23)19-11-7-9-17-8-5-6-10-18(17)19;1-2/h5-11,16,20H,4,12-15H2,1-3H3;1-2H3. The number of nitrogens with zero attached hydrogens (tertiary/aromatic N) is 1. The Morgan fingerprint density at radius 3 is 2.38 bits per heavy atom. The molecule has 4 nitrogen and oxygen atoms in total. The van der Waals surface area contributed by atoms with Crippen molar-refractivity contribution in [3.63, 3.8) is 0 Å². The zero-order valence-corrected chi connectivity index (χ0v) is 17.6. The molecule has 146 valence electrons. The summed E-state index contributed by atoms with van der Waals surface area (Å²) in [6.07, 6.45) is 1.77. The van der Waals surface area contributed by atoms with Crippen LogP contribution in [0.1, 0.15) is 40.5 Å². The third-order valence-electron chi connectivity index (χ3n) is 4.24. The van der Waals surface area contributed by atoms with Crippen molar-refractivity contribution in [2.45, 2.75) is 45.4 Å². The molecule has 0 bridgehead atoms. The maximum atomic E-state index is 13.3. The smallest absolute Gasteiger partial charge is 0.243 e. The minimum Gasteiger partial charge on any atom is -0.320 e. The summed E-state index contributed by atoms with van der Waals surface area (Å²) in [5.41, 5.74) is 0. The Labute approximate surface area is 159 Å². The molecule has 1 N–H and O–H groups in total. The van der Waals surface area contributed by atoms with E-state index in [1.807, 2.05) is 64.2 Å². The lowest BCUT2D eigenvalue weighted by atomic mass is 10.1. The Balaban J connectivity index is 0.00000163. The molecule has 0 saturated heterocycles. The molecule has 0 aliphatic rings. The monoisotopic (exact) mass is 378 g/mol. The maximum absolute atomic E-state index is 13.3. The second kappa shape index (κ2) is 11.3. The van der Waals surface area contributed by atoms with Gasteiger partial charge in [0.25, 0.3) is 0 Å². The zero-order valence-electron chi connectivity index (χ0n) is 16.8. The molecule has 2 aromatic rings. The van der Waals surface area contributed by atoms with Crippen LogP contribution in [0.3, 0.4) is 0 Å². The fourth-order valence-electron chi connectivity index (χ4n) is 2.95. The number of nitrogens with one attached hydrogen (secondary N) is 1. The van der Waals surface area contributed by atoms with E-state index >= 15 is 0 Å². The average Bonchev–Trinajstić information content (AvgIpc) is 2.67. The summed E-state index contributed by atoms with van der Waals surface area (Å²) in [4.78, 5) is 0.412. The molecule has 0 aromatic heterocycles. The first-order valence-corrected chi connectivity index (χ1v) is 11.1. The van der Waals surface area contributed by atoms with Gasteiger partial charge in [-0.3, -0.25) is 0 Å². The average molecular weight is 379 g/mol. The highest BCUT2D eigenvalue weighted by Crippen LogP contribution is 2.26. The van der Waals surface area contributed by atoms with Gasteiger partial charge < -0.3 is 5.32 Å². The van der Waals surface area contributed by atoms with Crippen molar-refractivity contribution in [1.82, 2.24) is 9.62 Å². The Kier molecular flexibility index (Phi) is 9.84. The molecule has 0 spiro atoms. The highest BCUT2D eigenvalue weighted by atomic mass is 32.2. The Bertz CT molecular complexity index is 754. The molecular weight excluding hydrogens is 344 g/mol. The molecule has 0 aliphatic heterocycles. The minimum atomic E-state index is -3.50. The molecular formula is C21H34N2O2S. The summed E-state index contributed by atoms with van der Waals surface area (Å²) < 4.78 is 28.2. The molecule has 0 heterocycles. The van der Waals surface area contributed by atoms with Crippen molar-refractivity contribution in [2.24, 2.45) is 5.92 Å². The molecule has 0 saturated carbocycles. The van der Waals surface area contributed by atoms with Crippen molar-refractivity contribution in [3.8, 4) is 0 Å². The first-order chi connectivity index (χ1) is 12.5. The van der Waals surface area contributed by atoms with E-state index in [4.69, 9.17) is 0 Å². The molecule has 1 atom stereocenters. The number of hydrogen-bond donors (Lipinski definition) is 1. The van der Waals surface area contributed by atoms with Crippen molar-refractivity contribution in [3.05, 3.63) is 42.5 Å². The van der Waals surface area contributed by atoms with Gasteiger partial charge in [0.1, 0.15) is 0 Å². The van der Waals surface area contributed by atoms with E-state index < -0.39 is 10.0 Å². The van der Waals surface area contributed by atoms with Gasteiger partial charge in [0.15, 0.2) is 0 Å². The number of hydrogen-bond acceptors (Lipinski definition) is 3. The van der Waals surface area contributed by atoms with E-state index in [9.17, 15) is 8.42 Å². The normalized spacial score (nSPS) is 12.7. The summed E-state index contributed by atoms with van der Waals surface area (Å²) >= 11 is 0. The number of benzene rings is 2. The van der Waals surface area contributed by atoms with Crippen LogP contribution in [0, 0.1) is 5.92 Å². The van der Waals surface area contributed by atoms with Crippen LogP contribution in [0.5, 0.6) is 0 Å². The molecule has 0 aliphatic carbocycles. The Hall–Kier alpha value is -1.43. The molecule has 2 aromatic carbocycles. The van der Waals surface area contributed by atoms with E-state index in [-0.39, 0.29) is 0 Å². The van der Waals surface area contributed by atoms with E-state index in [1.165, 1.54) is 0 Å². The van der Waals surface area contributed by atoms with Crippen LogP contribution in [0.2, 0.25) is 0 Å². The fraction of sp³-hybridized carbons (Fsp3) is 0.524. The van der Waals surface area contributed by atoms with Crippen LogP contribution in [0.25, 0.3) is 10.8 Å². The molecule has 26 heavy (non-hydrogen) atoms. The Morgan fingerprint density at radius 2 is 1.73 bits per heavy atom.